The Morgan fingerprint density at radius 3 is 2.94 bits per heavy atom. The third-order valence-electron chi connectivity index (χ3n) is 2.19. The quantitative estimate of drug-likeness (QED) is 0.553. The number of hydrogen-bond acceptors (Lipinski definition) is 5. The smallest absolute Gasteiger partial charge is 0.413 e. The highest BCUT2D eigenvalue weighted by Crippen LogP contribution is 2.17. The summed E-state index contributed by atoms with van der Waals surface area (Å²) in [6.45, 7) is 3.19. The molecule has 0 aromatic heterocycles. The van der Waals surface area contributed by atoms with Gasteiger partial charge in [0.2, 0.25) is 0 Å². The Balaban J connectivity index is 2.57. The Kier molecular flexibility index (Phi) is 4.50. The third-order valence-corrected chi connectivity index (χ3v) is 2.19. The number of carboxylic acids is 1. The first-order chi connectivity index (χ1) is 8.06. The molecule has 1 atom stereocenters. The molecule has 0 aliphatic carbocycles. The minimum atomic E-state index is -1.04. The average Bonchev–Trinajstić information content (AvgIpc) is 2.64. The highest BCUT2D eigenvalue weighted by Gasteiger charge is 2.38. The zero-order valence-corrected chi connectivity index (χ0v) is 9.13. The zero-order valence-electron chi connectivity index (χ0n) is 9.13. The summed E-state index contributed by atoms with van der Waals surface area (Å²) in [6, 6.07) is -0.886. The van der Waals surface area contributed by atoms with Gasteiger partial charge in [-0.1, -0.05) is 12.7 Å². The Hall–Kier alpha value is -2.05. The predicted octanol–water partition coefficient (Wildman–Crippen LogP) is 0.359. The fourth-order valence-electron chi connectivity index (χ4n) is 1.37. The van der Waals surface area contributed by atoms with E-state index in [1.165, 1.54) is 6.08 Å². The van der Waals surface area contributed by atoms with Gasteiger partial charge in [0.1, 0.15) is 12.6 Å². The van der Waals surface area contributed by atoms with Crippen molar-refractivity contribution in [2.45, 2.75) is 18.9 Å². The number of rotatable bonds is 5. The van der Waals surface area contributed by atoms with E-state index in [1.54, 1.807) is 0 Å². The van der Waals surface area contributed by atoms with Crippen LogP contribution >= 0.6 is 0 Å². The van der Waals surface area contributed by atoms with Crippen molar-refractivity contribution in [2.24, 2.45) is 0 Å². The molecule has 94 valence electrons. The summed E-state index contributed by atoms with van der Waals surface area (Å²) in [5.74, 6) is -1.65. The molecular formula is C10H13NO6. The van der Waals surface area contributed by atoms with E-state index in [0.717, 1.165) is 4.90 Å². The molecule has 0 radical (unpaired) electrons. The van der Waals surface area contributed by atoms with E-state index >= 15 is 0 Å². The molecule has 0 spiro atoms. The van der Waals surface area contributed by atoms with Crippen molar-refractivity contribution < 1.29 is 29.0 Å². The lowest BCUT2D eigenvalue weighted by atomic mass is 10.1. The van der Waals surface area contributed by atoms with Crippen LogP contribution in [0.5, 0.6) is 0 Å². The molecule has 1 fully saturated rings. The minimum absolute atomic E-state index is 0.0113. The third kappa shape index (κ3) is 3.47. The second-order valence-corrected chi connectivity index (χ2v) is 3.38. The fraction of sp³-hybridized carbons (Fsp3) is 0.500. The van der Waals surface area contributed by atoms with Crippen molar-refractivity contribution in [3.05, 3.63) is 12.7 Å². The lowest BCUT2D eigenvalue weighted by Gasteiger charge is -2.18. The maximum Gasteiger partial charge on any atom is 0.413 e. The molecule has 1 amide bonds. The van der Waals surface area contributed by atoms with Crippen molar-refractivity contribution >= 4 is 18.0 Å². The van der Waals surface area contributed by atoms with E-state index in [2.05, 4.69) is 11.3 Å². The minimum Gasteiger partial charge on any atom is -0.481 e. The van der Waals surface area contributed by atoms with E-state index in [1.807, 2.05) is 0 Å². The molecular weight excluding hydrogens is 230 g/mol. The summed E-state index contributed by atoms with van der Waals surface area (Å²) in [4.78, 5) is 34.2. The van der Waals surface area contributed by atoms with Gasteiger partial charge in [-0.15, -0.1) is 0 Å². The number of aliphatic carboxylic acids is 1. The lowest BCUT2D eigenvalue weighted by Crippen LogP contribution is -2.38. The number of amides is 1. The molecule has 1 aliphatic rings. The Morgan fingerprint density at radius 1 is 1.65 bits per heavy atom. The van der Waals surface area contributed by atoms with Crippen LogP contribution in [0.4, 0.5) is 4.79 Å². The standard InChI is InChI=1S/C10H13NO6/c1-2-5-16-10(15)11-6-17-9(14)7(11)3-4-8(12)13/h2,7H,1,3-6H2,(H,12,13). The summed E-state index contributed by atoms with van der Waals surface area (Å²) in [6.07, 6.45) is 0.469. The van der Waals surface area contributed by atoms with Crippen LogP contribution in [0, 0.1) is 0 Å². The first kappa shape index (κ1) is 13.0. The molecule has 1 rings (SSSR count). The van der Waals surface area contributed by atoms with Gasteiger partial charge < -0.3 is 14.6 Å². The zero-order chi connectivity index (χ0) is 12.8. The van der Waals surface area contributed by atoms with Gasteiger partial charge in [0, 0.05) is 6.42 Å². The predicted molar refractivity (Wildman–Crippen MR) is 55.0 cm³/mol. The molecule has 0 bridgehead atoms. The van der Waals surface area contributed by atoms with Gasteiger partial charge in [0.05, 0.1) is 0 Å². The van der Waals surface area contributed by atoms with Crippen molar-refractivity contribution in [1.82, 2.24) is 4.90 Å². The molecule has 1 heterocycles. The maximum atomic E-state index is 11.5. The molecule has 1 saturated heterocycles. The number of esters is 1. The number of carbonyl (C=O) groups excluding carboxylic acids is 2. The fourth-order valence-corrected chi connectivity index (χ4v) is 1.37. The number of hydrogen-bond donors (Lipinski definition) is 1. The Bertz CT molecular complexity index is 340. The van der Waals surface area contributed by atoms with E-state index < -0.39 is 24.1 Å². The number of cyclic esters (lactones) is 1. The molecule has 7 heteroatoms. The monoisotopic (exact) mass is 243 g/mol. The van der Waals surface area contributed by atoms with E-state index in [-0.39, 0.29) is 26.2 Å². The van der Waals surface area contributed by atoms with Gasteiger partial charge in [-0.2, -0.15) is 0 Å². The second-order valence-electron chi connectivity index (χ2n) is 3.38. The summed E-state index contributed by atoms with van der Waals surface area (Å²) < 4.78 is 9.43. The summed E-state index contributed by atoms with van der Waals surface area (Å²) in [5.41, 5.74) is 0. The number of nitrogens with zero attached hydrogens (tertiary/aromatic N) is 1. The van der Waals surface area contributed by atoms with Gasteiger partial charge >= 0.3 is 18.0 Å². The van der Waals surface area contributed by atoms with Crippen LogP contribution < -0.4 is 0 Å². The van der Waals surface area contributed by atoms with Crippen LogP contribution in [0.15, 0.2) is 12.7 Å². The topological polar surface area (TPSA) is 93.1 Å². The van der Waals surface area contributed by atoms with Crippen LogP contribution in [0.2, 0.25) is 0 Å². The van der Waals surface area contributed by atoms with Gasteiger partial charge in [0.25, 0.3) is 0 Å². The van der Waals surface area contributed by atoms with Crippen LogP contribution in [0.3, 0.4) is 0 Å². The first-order valence-electron chi connectivity index (χ1n) is 4.99. The van der Waals surface area contributed by atoms with Crippen LogP contribution in [-0.4, -0.2) is 47.4 Å². The second kappa shape index (κ2) is 5.88. The normalized spacial score (nSPS) is 18.7. The number of carbonyl (C=O) groups is 3. The molecule has 1 aliphatic heterocycles. The van der Waals surface area contributed by atoms with Crippen LogP contribution in [-0.2, 0) is 19.1 Å². The van der Waals surface area contributed by atoms with E-state index in [9.17, 15) is 14.4 Å². The molecule has 0 saturated carbocycles. The SMILES string of the molecule is C=CCOC(=O)N1COC(=O)C1CCC(=O)O. The van der Waals surface area contributed by atoms with E-state index in [0.29, 0.717) is 0 Å². The molecule has 0 aromatic carbocycles. The Labute approximate surface area is 97.6 Å². The van der Waals surface area contributed by atoms with Crippen molar-refractivity contribution in [2.75, 3.05) is 13.3 Å². The van der Waals surface area contributed by atoms with Crippen LogP contribution in [0.1, 0.15) is 12.8 Å². The highest BCUT2D eigenvalue weighted by atomic mass is 16.6. The average molecular weight is 243 g/mol. The van der Waals surface area contributed by atoms with Crippen molar-refractivity contribution in [1.29, 1.82) is 0 Å². The summed E-state index contributed by atoms with van der Waals surface area (Å²) in [5, 5.41) is 8.53. The molecule has 1 unspecified atom stereocenters. The van der Waals surface area contributed by atoms with Crippen molar-refractivity contribution in [3.63, 3.8) is 0 Å². The van der Waals surface area contributed by atoms with Gasteiger partial charge in [0.15, 0.2) is 6.73 Å². The van der Waals surface area contributed by atoms with Crippen molar-refractivity contribution in [3.8, 4) is 0 Å². The molecule has 17 heavy (non-hydrogen) atoms. The molecule has 7 nitrogen and oxygen atoms in total. The Morgan fingerprint density at radius 2 is 2.35 bits per heavy atom. The largest absolute Gasteiger partial charge is 0.481 e. The number of carboxylic acid groups (broad SMARTS) is 1. The highest BCUT2D eigenvalue weighted by molar-refractivity contribution is 5.84. The number of ether oxygens (including phenoxy) is 2. The first-order valence-corrected chi connectivity index (χ1v) is 4.99. The van der Waals surface area contributed by atoms with Gasteiger partial charge in [-0.25, -0.2) is 9.59 Å². The lowest BCUT2D eigenvalue weighted by molar-refractivity contribution is -0.140. The van der Waals surface area contributed by atoms with E-state index in [4.69, 9.17) is 9.84 Å². The van der Waals surface area contributed by atoms with Gasteiger partial charge in [-0.3, -0.25) is 9.69 Å². The summed E-state index contributed by atoms with van der Waals surface area (Å²) >= 11 is 0. The van der Waals surface area contributed by atoms with Crippen LogP contribution in [0.25, 0.3) is 0 Å². The van der Waals surface area contributed by atoms with Gasteiger partial charge in [-0.05, 0) is 6.42 Å². The molecule has 0 aromatic rings. The maximum absolute atomic E-state index is 11.5. The summed E-state index contributed by atoms with van der Waals surface area (Å²) in [7, 11) is 0. The molecule has 1 N–H and O–H groups in total.